The van der Waals surface area contributed by atoms with Crippen molar-refractivity contribution in [2.24, 2.45) is 0 Å². The Kier molecular flexibility index (Phi) is 4.84. The maximum absolute atomic E-state index is 12.9. The normalized spacial score (nSPS) is 11.1. The van der Waals surface area contributed by atoms with Crippen molar-refractivity contribution in [2.45, 2.75) is 6.42 Å². The zero-order chi connectivity index (χ0) is 10.4. The topological polar surface area (TPSA) is 12.0 Å². The van der Waals surface area contributed by atoms with Crippen LogP contribution in [0.1, 0.15) is 12.0 Å². The van der Waals surface area contributed by atoms with Crippen LogP contribution in [0, 0.1) is 5.82 Å². The van der Waals surface area contributed by atoms with E-state index in [0.717, 1.165) is 23.0 Å². The zero-order valence-electron chi connectivity index (χ0n) is 8.06. The molecule has 0 aliphatic rings. The minimum absolute atomic E-state index is 0.207. The summed E-state index contributed by atoms with van der Waals surface area (Å²) in [6, 6.07) is 4.67. The summed E-state index contributed by atoms with van der Waals surface area (Å²) in [5, 5.41) is 3.04. The van der Waals surface area contributed by atoms with Crippen molar-refractivity contribution in [2.75, 3.05) is 13.6 Å². The summed E-state index contributed by atoms with van der Waals surface area (Å²) in [4.78, 5) is 0. The van der Waals surface area contributed by atoms with E-state index < -0.39 is 0 Å². The third-order valence-corrected chi connectivity index (χ3v) is 2.54. The molecule has 0 atom stereocenters. The number of hydrogen-bond acceptors (Lipinski definition) is 1. The van der Waals surface area contributed by atoms with Crippen LogP contribution in [0.15, 0.2) is 28.7 Å². The fourth-order valence-electron chi connectivity index (χ4n) is 1.08. The third kappa shape index (κ3) is 3.60. The van der Waals surface area contributed by atoms with Gasteiger partial charge in [-0.2, -0.15) is 0 Å². The SMILES string of the molecule is CNCCC=Cc1cc(F)ccc1Br. The molecule has 0 saturated carbocycles. The monoisotopic (exact) mass is 257 g/mol. The molecule has 0 radical (unpaired) electrons. The van der Waals surface area contributed by atoms with Gasteiger partial charge in [0, 0.05) is 4.47 Å². The number of hydrogen-bond donors (Lipinski definition) is 1. The molecule has 1 nitrogen and oxygen atoms in total. The van der Waals surface area contributed by atoms with Crippen molar-refractivity contribution in [3.8, 4) is 0 Å². The van der Waals surface area contributed by atoms with Gasteiger partial charge in [0.2, 0.25) is 0 Å². The molecule has 1 N–H and O–H groups in total. The average molecular weight is 258 g/mol. The first-order valence-corrected chi connectivity index (χ1v) is 5.29. The van der Waals surface area contributed by atoms with Crippen LogP contribution < -0.4 is 5.32 Å². The maximum atomic E-state index is 12.9. The summed E-state index contributed by atoms with van der Waals surface area (Å²) >= 11 is 3.37. The highest BCUT2D eigenvalue weighted by Gasteiger charge is 1.96. The summed E-state index contributed by atoms with van der Waals surface area (Å²) in [5.41, 5.74) is 0.876. The summed E-state index contributed by atoms with van der Waals surface area (Å²) in [5.74, 6) is -0.207. The van der Waals surface area contributed by atoms with Gasteiger partial charge in [0.25, 0.3) is 0 Å². The van der Waals surface area contributed by atoms with Crippen LogP contribution in [0.2, 0.25) is 0 Å². The molecule has 0 saturated heterocycles. The smallest absolute Gasteiger partial charge is 0.123 e. The molecule has 0 heterocycles. The van der Waals surface area contributed by atoms with E-state index in [0.29, 0.717) is 0 Å². The standard InChI is InChI=1S/C11H13BrFN/c1-14-7-3-2-4-9-8-10(13)5-6-11(9)12/h2,4-6,8,14H,3,7H2,1H3. The van der Waals surface area contributed by atoms with E-state index in [9.17, 15) is 4.39 Å². The predicted octanol–water partition coefficient (Wildman–Crippen LogP) is 3.21. The molecule has 0 fully saturated rings. The molecular formula is C11H13BrFN. The van der Waals surface area contributed by atoms with Crippen molar-refractivity contribution in [1.82, 2.24) is 5.32 Å². The second-order valence-electron chi connectivity index (χ2n) is 2.96. The molecule has 1 rings (SSSR count). The third-order valence-electron chi connectivity index (χ3n) is 1.82. The van der Waals surface area contributed by atoms with Crippen LogP contribution in [0.5, 0.6) is 0 Å². The highest BCUT2D eigenvalue weighted by molar-refractivity contribution is 9.10. The molecule has 0 spiro atoms. The minimum atomic E-state index is -0.207. The first kappa shape index (κ1) is 11.4. The van der Waals surface area contributed by atoms with Crippen LogP contribution in [-0.2, 0) is 0 Å². The number of benzene rings is 1. The fraction of sp³-hybridized carbons (Fsp3) is 0.273. The van der Waals surface area contributed by atoms with Gasteiger partial charge in [-0.25, -0.2) is 4.39 Å². The Morgan fingerprint density at radius 3 is 3.00 bits per heavy atom. The van der Waals surface area contributed by atoms with Crippen LogP contribution >= 0.6 is 15.9 Å². The van der Waals surface area contributed by atoms with Gasteiger partial charge in [0.05, 0.1) is 0 Å². The molecule has 14 heavy (non-hydrogen) atoms. The maximum Gasteiger partial charge on any atom is 0.123 e. The van der Waals surface area contributed by atoms with E-state index >= 15 is 0 Å². The highest BCUT2D eigenvalue weighted by Crippen LogP contribution is 2.19. The Morgan fingerprint density at radius 1 is 1.50 bits per heavy atom. The Hall–Kier alpha value is -0.670. The predicted molar refractivity (Wildman–Crippen MR) is 61.7 cm³/mol. The molecule has 0 aromatic heterocycles. The van der Waals surface area contributed by atoms with Crippen molar-refractivity contribution >= 4 is 22.0 Å². The number of halogens is 2. The summed E-state index contributed by atoms with van der Waals surface area (Å²) < 4.78 is 13.8. The van der Waals surface area contributed by atoms with Crippen LogP contribution in [-0.4, -0.2) is 13.6 Å². The van der Waals surface area contributed by atoms with Gasteiger partial charge in [-0.1, -0.05) is 28.1 Å². The summed E-state index contributed by atoms with van der Waals surface area (Å²) in [6.07, 6.45) is 4.89. The molecule has 1 aromatic carbocycles. The lowest BCUT2D eigenvalue weighted by atomic mass is 10.2. The van der Waals surface area contributed by atoms with Gasteiger partial charge in [-0.3, -0.25) is 0 Å². The van der Waals surface area contributed by atoms with E-state index in [-0.39, 0.29) is 5.82 Å². The molecule has 0 aliphatic heterocycles. The Balaban J connectivity index is 2.65. The lowest BCUT2D eigenvalue weighted by Gasteiger charge is -1.98. The summed E-state index contributed by atoms with van der Waals surface area (Å²) in [7, 11) is 1.91. The second-order valence-corrected chi connectivity index (χ2v) is 3.81. The van der Waals surface area contributed by atoms with E-state index in [4.69, 9.17) is 0 Å². The van der Waals surface area contributed by atoms with E-state index in [1.165, 1.54) is 12.1 Å². The fourth-order valence-corrected chi connectivity index (χ4v) is 1.46. The Bertz CT molecular complexity index is 323. The van der Waals surface area contributed by atoms with Crippen molar-refractivity contribution in [3.63, 3.8) is 0 Å². The van der Waals surface area contributed by atoms with Gasteiger partial charge in [0.1, 0.15) is 5.82 Å². The minimum Gasteiger partial charge on any atom is -0.319 e. The van der Waals surface area contributed by atoms with Gasteiger partial charge >= 0.3 is 0 Å². The molecule has 0 amide bonds. The molecule has 0 aliphatic carbocycles. The van der Waals surface area contributed by atoms with Gasteiger partial charge < -0.3 is 5.32 Å². The first-order chi connectivity index (χ1) is 6.74. The summed E-state index contributed by atoms with van der Waals surface area (Å²) in [6.45, 7) is 0.934. The molecule has 0 unspecified atom stereocenters. The van der Waals surface area contributed by atoms with E-state index in [1.54, 1.807) is 6.07 Å². The van der Waals surface area contributed by atoms with Crippen molar-refractivity contribution < 1.29 is 4.39 Å². The van der Waals surface area contributed by atoms with Crippen LogP contribution in [0.3, 0.4) is 0 Å². The van der Waals surface area contributed by atoms with Gasteiger partial charge in [-0.15, -0.1) is 0 Å². The quantitative estimate of drug-likeness (QED) is 0.818. The van der Waals surface area contributed by atoms with Crippen LogP contribution in [0.25, 0.3) is 6.08 Å². The Labute approximate surface area is 92.1 Å². The molecular weight excluding hydrogens is 245 g/mol. The number of nitrogens with one attached hydrogen (secondary N) is 1. The first-order valence-electron chi connectivity index (χ1n) is 4.50. The van der Waals surface area contributed by atoms with Crippen molar-refractivity contribution in [1.29, 1.82) is 0 Å². The lowest BCUT2D eigenvalue weighted by molar-refractivity contribution is 0.627. The van der Waals surface area contributed by atoms with Gasteiger partial charge in [-0.05, 0) is 43.8 Å². The second kappa shape index (κ2) is 5.94. The Morgan fingerprint density at radius 2 is 2.29 bits per heavy atom. The molecule has 3 heteroatoms. The van der Waals surface area contributed by atoms with Gasteiger partial charge in [0.15, 0.2) is 0 Å². The number of rotatable bonds is 4. The largest absolute Gasteiger partial charge is 0.319 e. The molecule has 76 valence electrons. The van der Waals surface area contributed by atoms with Crippen molar-refractivity contribution in [3.05, 3.63) is 40.1 Å². The van der Waals surface area contributed by atoms with E-state index in [2.05, 4.69) is 21.2 Å². The lowest BCUT2D eigenvalue weighted by Crippen LogP contribution is -2.05. The molecule has 1 aromatic rings. The van der Waals surface area contributed by atoms with Crippen LogP contribution in [0.4, 0.5) is 4.39 Å². The average Bonchev–Trinajstić information content (AvgIpc) is 2.18. The van der Waals surface area contributed by atoms with E-state index in [1.807, 2.05) is 19.2 Å². The highest BCUT2D eigenvalue weighted by atomic mass is 79.9. The molecule has 0 bridgehead atoms. The zero-order valence-corrected chi connectivity index (χ0v) is 9.64.